The molecule has 0 spiro atoms. The van der Waals surface area contributed by atoms with Crippen LogP contribution >= 0.6 is 0 Å². The molecule has 0 amide bonds. The fourth-order valence-corrected chi connectivity index (χ4v) is 2.62. The molecule has 120 valence electrons. The average Bonchev–Trinajstić information content (AvgIpc) is 2.53. The van der Waals surface area contributed by atoms with E-state index in [0.717, 1.165) is 31.6 Å². The molecule has 0 aliphatic carbocycles. The fourth-order valence-electron chi connectivity index (χ4n) is 2.62. The standard InChI is InChI=1S/C17H31N3O/c1-5-10-18-14(4)15-8-9-17(19-13-15)20(11-12-21)16(6-2)7-3/h8-9,13-14,16,18,21H,5-7,10-12H2,1-4H3. The molecular formula is C17H31N3O. The van der Waals surface area contributed by atoms with Crippen LogP contribution < -0.4 is 10.2 Å². The van der Waals surface area contributed by atoms with Gasteiger partial charge < -0.3 is 15.3 Å². The third kappa shape index (κ3) is 5.29. The molecule has 0 aliphatic heterocycles. The van der Waals surface area contributed by atoms with Gasteiger partial charge in [0.25, 0.3) is 0 Å². The Morgan fingerprint density at radius 3 is 2.43 bits per heavy atom. The zero-order chi connectivity index (χ0) is 15.7. The highest BCUT2D eigenvalue weighted by molar-refractivity contribution is 5.41. The maximum absolute atomic E-state index is 9.30. The van der Waals surface area contributed by atoms with E-state index in [1.807, 2.05) is 6.20 Å². The number of nitrogens with zero attached hydrogens (tertiary/aromatic N) is 2. The van der Waals surface area contributed by atoms with E-state index in [2.05, 4.69) is 55.0 Å². The lowest BCUT2D eigenvalue weighted by Gasteiger charge is -2.31. The third-order valence-corrected chi connectivity index (χ3v) is 3.99. The van der Waals surface area contributed by atoms with Crippen LogP contribution in [0.4, 0.5) is 5.82 Å². The van der Waals surface area contributed by atoms with Crippen LogP contribution in [0.15, 0.2) is 18.3 Å². The van der Waals surface area contributed by atoms with Gasteiger partial charge in [0.15, 0.2) is 0 Å². The Balaban J connectivity index is 2.82. The van der Waals surface area contributed by atoms with E-state index in [1.165, 1.54) is 5.56 Å². The van der Waals surface area contributed by atoms with Gasteiger partial charge in [0.1, 0.15) is 5.82 Å². The summed E-state index contributed by atoms with van der Waals surface area (Å²) in [7, 11) is 0. The molecule has 4 nitrogen and oxygen atoms in total. The van der Waals surface area contributed by atoms with Crippen LogP contribution in [-0.2, 0) is 0 Å². The maximum atomic E-state index is 9.30. The largest absolute Gasteiger partial charge is 0.395 e. The van der Waals surface area contributed by atoms with Gasteiger partial charge in [0.2, 0.25) is 0 Å². The maximum Gasteiger partial charge on any atom is 0.128 e. The lowest BCUT2D eigenvalue weighted by molar-refractivity contribution is 0.295. The SMILES string of the molecule is CCCNC(C)c1ccc(N(CCO)C(CC)CC)nc1. The molecule has 1 heterocycles. The molecule has 0 bridgehead atoms. The first kappa shape index (κ1) is 17.9. The number of hydrogen-bond donors (Lipinski definition) is 2. The summed E-state index contributed by atoms with van der Waals surface area (Å²) >= 11 is 0. The highest BCUT2D eigenvalue weighted by Gasteiger charge is 2.16. The van der Waals surface area contributed by atoms with E-state index in [0.29, 0.717) is 18.6 Å². The van der Waals surface area contributed by atoms with Crippen LogP contribution in [0.1, 0.15) is 58.6 Å². The van der Waals surface area contributed by atoms with Crippen molar-refractivity contribution in [2.75, 3.05) is 24.6 Å². The molecule has 1 atom stereocenters. The average molecular weight is 293 g/mol. The summed E-state index contributed by atoms with van der Waals surface area (Å²) in [5.41, 5.74) is 1.21. The number of aliphatic hydroxyl groups is 1. The molecule has 0 saturated heterocycles. The number of aliphatic hydroxyl groups excluding tert-OH is 1. The normalized spacial score (nSPS) is 12.7. The van der Waals surface area contributed by atoms with Gasteiger partial charge in [-0.3, -0.25) is 0 Å². The summed E-state index contributed by atoms with van der Waals surface area (Å²) in [4.78, 5) is 6.83. The predicted octanol–water partition coefficient (Wildman–Crippen LogP) is 3.13. The summed E-state index contributed by atoms with van der Waals surface area (Å²) in [5, 5.41) is 12.8. The Morgan fingerprint density at radius 2 is 1.95 bits per heavy atom. The molecule has 4 heteroatoms. The second-order valence-electron chi connectivity index (χ2n) is 5.51. The van der Waals surface area contributed by atoms with E-state index >= 15 is 0 Å². The summed E-state index contributed by atoms with van der Waals surface area (Å²) in [5.74, 6) is 0.962. The second kappa shape index (κ2) is 9.74. The first-order chi connectivity index (χ1) is 10.2. The number of anilines is 1. The molecule has 2 N–H and O–H groups in total. The van der Waals surface area contributed by atoms with Crippen molar-refractivity contribution >= 4 is 5.82 Å². The van der Waals surface area contributed by atoms with Crippen LogP contribution in [0.2, 0.25) is 0 Å². The van der Waals surface area contributed by atoms with Gasteiger partial charge in [-0.05, 0) is 44.4 Å². The van der Waals surface area contributed by atoms with Crippen molar-refractivity contribution in [3.8, 4) is 0 Å². The van der Waals surface area contributed by atoms with Gasteiger partial charge >= 0.3 is 0 Å². The molecule has 1 aromatic rings. The molecule has 0 aromatic carbocycles. The zero-order valence-corrected chi connectivity index (χ0v) is 14.0. The van der Waals surface area contributed by atoms with Gasteiger partial charge in [-0.2, -0.15) is 0 Å². The Kier molecular flexibility index (Phi) is 8.31. The molecule has 1 aromatic heterocycles. The first-order valence-electron chi connectivity index (χ1n) is 8.24. The number of rotatable bonds is 10. The minimum absolute atomic E-state index is 0.161. The molecule has 0 fully saturated rings. The van der Waals surface area contributed by atoms with Crippen LogP contribution in [0.25, 0.3) is 0 Å². The Labute approximate surface area is 129 Å². The number of aromatic nitrogens is 1. The van der Waals surface area contributed by atoms with Gasteiger partial charge in [-0.25, -0.2) is 4.98 Å². The summed E-state index contributed by atoms with van der Waals surface area (Å²) < 4.78 is 0. The molecule has 0 aliphatic rings. The highest BCUT2D eigenvalue weighted by Crippen LogP contribution is 2.20. The minimum Gasteiger partial charge on any atom is -0.395 e. The second-order valence-corrected chi connectivity index (χ2v) is 5.51. The number of nitrogens with one attached hydrogen (secondary N) is 1. The topological polar surface area (TPSA) is 48.4 Å². The summed E-state index contributed by atoms with van der Waals surface area (Å²) in [6, 6.07) is 4.98. The van der Waals surface area contributed by atoms with Crippen molar-refractivity contribution < 1.29 is 5.11 Å². The minimum atomic E-state index is 0.161. The van der Waals surface area contributed by atoms with Crippen molar-refractivity contribution in [3.05, 3.63) is 23.9 Å². The summed E-state index contributed by atoms with van der Waals surface area (Å²) in [6.45, 7) is 10.5. The van der Waals surface area contributed by atoms with Crippen molar-refractivity contribution in [3.63, 3.8) is 0 Å². The monoisotopic (exact) mass is 293 g/mol. The highest BCUT2D eigenvalue weighted by atomic mass is 16.3. The Bertz CT molecular complexity index is 376. The first-order valence-corrected chi connectivity index (χ1v) is 8.24. The molecule has 0 saturated carbocycles. The van der Waals surface area contributed by atoms with Gasteiger partial charge in [0.05, 0.1) is 6.61 Å². The Morgan fingerprint density at radius 1 is 1.24 bits per heavy atom. The van der Waals surface area contributed by atoms with Crippen LogP contribution in [0.3, 0.4) is 0 Å². The van der Waals surface area contributed by atoms with E-state index in [1.54, 1.807) is 0 Å². The lowest BCUT2D eigenvalue weighted by Crippen LogP contribution is -2.37. The zero-order valence-electron chi connectivity index (χ0n) is 14.0. The van der Waals surface area contributed by atoms with E-state index < -0.39 is 0 Å². The van der Waals surface area contributed by atoms with Gasteiger partial charge in [0, 0.05) is 24.8 Å². The molecule has 1 unspecified atom stereocenters. The van der Waals surface area contributed by atoms with E-state index in [4.69, 9.17) is 0 Å². The third-order valence-electron chi connectivity index (χ3n) is 3.99. The van der Waals surface area contributed by atoms with E-state index in [9.17, 15) is 5.11 Å². The molecule has 1 rings (SSSR count). The molecule has 21 heavy (non-hydrogen) atoms. The van der Waals surface area contributed by atoms with Crippen LogP contribution in [0, 0.1) is 0 Å². The predicted molar refractivity (Wildman–Crippen MR) is 89.7 cm³/mol. The Hall–Kier alpha value is -1.13. The van der Waals surface area contributed by atoms with Crippen LogP contribution in [0.5, 0.6) is 0 Å². The van der Waals surface area contributed by atoms with Crippen molar-refractivity contribution in [1.82, 2.24) is 10.3 Å². The quantitative estimate of drug-likeness (QED) is 0.696. The van der Waals surface area contributed by atoms with Gasteiger partial charge in [-0.1, -0.05) is 26.8 Å². The fraction of sp³-hybridized carbons (Fsp3) is 0.706. The van der Waals surface area contributed by atoms with Crippen molar-refractivity contribution in [2.24, 2.45) is 0 Å². The van der Waals surface area contributed by atoms with E-state index in [-0.39, 0.29) is 6.61 Å². The summed E-state index contributed by atoms with van der Waals surface area (Å²) in [6.07, 6.45) is 5.22. The lowest BCUT2D eigenvalue weighted by atomic mass is 10.1. The smallest absolute Gasteiger partial charge is 0.128 e. The van der Waals surface area contributed by atoms with Crippen molar-refractivity contribution in [2.45, 2.75) is 59.0 Å². The number of pyridine rings is 1. The molecule has 0 radical (unpaired) electrons. The van der Waals surface area contributed by atoms with Crippen molar-refractivity contribution in [1.29, 1.82) is 0 Å². The number of hydrogen-bond acceptors (Lipinski definition) is 4. The van der Waals surface area contributed by atoms with Crippen LogP contribution in [-0.4, -0.2) is 35.8 Å². The molecular weight excluding hydrogens is 262 g/mol. The van der Waals surface area contributed by atoms with Gasteiger partial charge in [-0.15, -0.1) is 0 Å².